The Morgan fingerprint density at radius 3 is 1.71 bits per heavy atom. The second-order valence-electron chi connectivity index (χ2n) is 2.54. The summed E-state index contributed by atoms with van der Waals surface area (Å²) >= 11 is 1.77. The topological polar surface area (TPSA) is 12.9 Å². The van der Waals surface area contributed by atoms with Gasteiger partial charge in [-0.25, -0.2) is 0 Å². The lowest BCUT2D eigenvalue weighted by Crippen LogP contribution is -1.62. The predicted molar refractivity (Wildman–Crippen MR) is 62.5 cm³/mol. The summed E-state index contributed by atoms with van der Waals surface area (Å²) < 4.78 is 0. The summed E-state index contributed by atoms with van der Waals surface area (Å²) in [6, 6.07) is 16.0. The van der Waals surface area contributed by atoms with Gasteiger partial charge >= 0.3 is 0 Å². The fourth-order valence-electron chi connectivity index (χ4n) is 0.869. The van der Waals surface area contributed by atoms with Crippen LogP contribution in [0.4, 0.5) is 0 Å². The van der Waals surface area contributed by atoms with Crippen LogP contribution in [0.3, 0.4) is 0 Å². The number of thioether (sulfide) groups is 1. The minimum Gasteiger partial charge on any atom is -0.265 e. The van der Waals surface area contributed by atoms with Crippen molar-refractivity contribution in [1.82, 2.24) is 4.98 Å². The van der Waals surface area contributed by atoms with Crippen molar-refractivity contribution in [2.24, 2.45) is 0 Å². The Hall–Kier alpha value is -1.28. The molecule has 2 aromatic rings. The quantitative estimate of drug-likeness (QED) is 0.658. The summed E-state index contributed by atoms with van der Waals surface area (Å²) in [7, 11) is 0. The zero-order valence-corrected chi connectivity index (χ0v) is 8.95. The highest BCUT2D eigenvalue weighted by atomic mass is 32.2. The lowest BCUT2D eigenvalue weighted by molar-refractivity contribution is 1.33. The molecule has 1 aromatic heterocycles. The van der Waals surface area contributed by atoms with E-state index in [9.17, 15) is 0 Å². The minimum absolute atomic E-state index is 1.33. The van der Waals surface area contributed by atoms with E-state index in [2.05, 4.69) is 23.4 Å². The molecule has 0 N–H and O–H groups in total. The second kappa shape index (κ2) is 7.15. The molecule has 0 radical (unpaired) electrons. The molecule has 0 aliphatic rings. The summed E-state index contributed by atoms with van der Waals surface area (Å²) in [4.78, 5) is 5.11. The van der Waals surface area contributed by atoms with E-state index in [1.54, 1.807) is 24.2 Å². The Morgan fingerprint density at radius 2 is 1.43 bits per heavy atom. The molecule has 2 heteroatoms. The smallest absolute Gasteiger partial charge is 0.0267 e. The highest BCUT2D eigenvalue weighted by Crippen LogP contribution is 2.11. The fraction of sp³-hybridized carbons (Fsp3) is 0.0833. The number of benzene rings is 1. The normalized spacial score (nSPS) is 8.64. The van der Waals surface area contributed by atoms with Crippen LogP contribution in [0, 0.1) is 0 Å². The van der Waals surface area contributed by atoms with E-state index in [-0.39, 0.29) is 0 Å². The van der Waals surface area contributed by atoms with Gasteiger partial charge in [-0.2, -0.15) is 0 Å². The molecule has 1 heterocycles. The van der Waals surface area contributed by atoms with Crippen LogP contribution in [-0.4, -0.2) is 11.2 Å². The van der Waals surface area contributed by atoms with Gasteiger partial charge in [0, 0.05) is 17.3 Å². The van der Waals surface area contributed by atoms with E-state index < -0.39 is 0 Å². The maximum atomic E-state index is 3.78. The first kappa shape index (κ1) is 10.8. The van der Waals surface area contributed by atoms with Gasteiger partial charge in [-0.1, -0.05) is 24.3 Å². The molecule has 72 valence electrons. The zero-order valence-electron chi connectivity index (χ0n) is 8.13. The first-order chi connectivity index (χ1) is 6.93. The molecule has 0 fully saturated rings. The van der Waals surface area contributed by atoms with Crippen molar-refractivity contribution in [3.8, 4) is 0 Å². The lowest BCUT2D eigenvalue weighted by atomic mass is 10.4. The summed E-state index contributed by atoms with van der Waals surface area (Å²) in [5.74, 6) is 0. The Kier molecular flexibility index (Phi) is 5.52. The highest BCUT2D eigenvalue weighted by molar-refractivity contribution is 7.98. The van der Waals surface area contributed by atoms with Gasteiger partial charge in [0.25, 0.3) is 0 Å². The number of hydrogen-bond donors (Lipinski definition) is 0. The highest BCUT2D eigenvalue weighted by Gasteiger charge is 1.80. The SMILES string of the molecule is CSc1ccccc1.c1ccncc1. The fourth-order valence-corrected chi connectivity index (χ4v) is 1.30. The Balaban J connectivity index is 0.000000146. The average Bonchev–Trinajstić information content (AvgIpc) is 2.33. The third kappa shape index (κ3) is 4.67. The van der Waals surface area contributed by atoms with E-state index >= 15 is 0 Å². The van der Waals surface area contributed by atoms with Crippen molar-refractivity contribution in [2.75, 3.05) is 6.26 Å². The first-order valence-corrected chi connectivity index (χ1v) is 5.60. The van der Waals surface area contributed by atoms with Gasteiger partial charge in [0.15, 0.2) is 0 Å². The van der Waals surface area contributed by atoms with Crippen LogP contribution in [0.5, 0.6) is 0 Å². The van der Waals surface area contributed by atoms with Gasteiger partial charge in [-0.3, -0.25) is 4.98 Å². The predicted octanol–water partition coefficient (Wildman–Crippen LogP) is 3.49. The molecular weight excluding hydrogens is 190 g/mol. The molecule has 0 spiro atoms. The zero-order chi connectivity index (χ0) is 10.1. The lowest BCUT2D eigenvalue weighted by Gasteiger charge is -1.89. The van der Waals surface area contributed by atoms with Crippen molar-refractivity contribution < 1.29 is 0 Å². The molecule has 0 bridgehead atoms. The van der Waals surface area contributed by atoms with E-state index in [0.29, 0.717) is 0 Å². The van der Waals surface area contributed by atoms with Crippen molar-refractivity contribution in [2.45, 2.75) is 4.90 Å². The van der Waals surface area contributed by atoms with Crippen molar-refractivity contribution in [3.05, 3.63) is 60.9 Å². The monoisotopic (exact) mass is 203 g/mol. The minimum atomic E-state index is 1.33. The Bertz CT molecular complexity index is 294. The Morgan fingerprint density at radius 1 is 0.857 bits per heavy atom. The van der Waals surface area contributed by atoms with Crippen LogP contribution in [0.2, 0.25) is 0 Å². The molecular formula is C12H13NS. The third-order valence-corrected chi connectivity index (χ3v) is 2.29. The summed E-state index contributed by atoms with van der Waals surface area (Å²) in [6.45, 7) is 0. The maximum absolute atomic E-state index is 3.78. The molecule has 1 aromatic carbocycles. The van der Waals surface area contributed by atoms with Gasteiger partial charge in [-0.15, -0.1) is 11.8 Å². The first-order valence-electron chi connectivity index (χ1n) is 4.37. The van der Waals surface area contributed by atoms with Crippen molar-refractivity contribution >= 4 is 11.8 Å². The summed E-state index contributed by atoms with van der Waals surface area (Å²) in [5.41, 5.74) is 0. The van der Waals surface area contributed by atoms with E-state index in [1.165, 1.54) is 4.90 Å². The van der Waals surface area contributed by atoms with Crippen molar-refractivity contribution in [1.29, 1.82) is 0 Å². The molecule has 0 unspecified atom stereocenters. The number of aromatic nitrogens is 1. The van der Waals surface area contributed by atoms with Crippen LogP contribution >= 0.6 is 11.8 Å². The van der Waals surface area contributed by atoms with E-state index in [0.717, 1.165) is 0 Å². The van der Waals surface area contributed by atoms with Crippen molar-refractivity contribution in [3.63, 3.8) is 0 Å². The van der Waals surface area contributed by atoms with E-state index in [4.69, 9.17) is 0 Å². The molecule has 1 nitrogen and oxygen atoms in total. The van der Waals surface area contributed by atoms with Crippen LogP contribution in [-0.2, 0) is 0 Å². The number of nitrogens with zero attached hydrogens (tertiary/aromatic N) is 1. The van der Waals surface area contributed by atoms with Crippen LogP contribution < -0.4 is 0 Å². The Labute approximate surface area is 89.2 Å². The molecule has 0 aliphatic carbocycles. The molecule has 14 heavy (non-hydrogen) atoms. The van der Waals surface area contributed by atoms with Gasteiger partial charge in [0.05, 0.1) is 0 Å². The second-order valence-corrected chi connectivity index (χ2v) is 3.42. The molecule has 0 aliphatic heterocycles. The molecule has 0 atom stereocenters. The van der Waals surface area contributed by atoms with Crippen LogP contribution in [0.15, 0.2) is 65.8 Å². The number of hydrogen-bond acceptors (Lipinski definition) is 2. The van der Waals surface area contributed by atoms with Crippen LogP contribution in [0.25, 0.3) is 0 Å². The standard InChI is InChI=1S/C7H8S.C5H5N/c1-8-7-5-3-2-4-6-7;1-2-4-6-5-3-1/h2-6H,1H3;1-5H. The van der Waals surface area contributed by atoms with Gasteiger partial charge in [0.1, 0.15) is 0 Å². The summed E-state index contributed by atoms with van der Waals surface area (Å²) in [6.07, 6.45) is 5.58. The molecule has 0 amide bonds. The van der Waals surface area contributed by atoms with Crippen LogP contribution in [0.1, 0.15) is 0 Å². The number of pyridine rings is 1. The molecule has 0 saturated heterocycles. The molecule has 2 rings (SSSR count). The van der Waals surface area contributed by atoms with Gasteiger partial charge in [0.2, 0.25) is 0 Å². The largest absolute Gasteiger partial charge is 0.265 e. The number of rotatable bonds is 1. The summed E-state index contributed by atoms with van der Waals surface area (Å²) in [5, 5.41) is 0. The van der Waals surface area contributed by atoms with Gasteiger partial charge in [-0.05, 0) is 30.5 Å². The maximum Gasteiger partial charge on any atom is 0.0267 e. The third-order valence-electron chi connectivity index (χ3n) is 1.55. The molecule has 0 saturated carbocycles. The average molecular weight is 203 g/mol. The van der Waals surface area contributed by atoms with E-state index in [1.807, 2.05) is 36.4 Å². The van der Waals surface area contributed by atoms with Gasteiger partial charge < -0.3 is 0 Å².